The van der Waals surface area contributed by atoms with Gasteiger partial charge in [0.15, 0.2) is 0 Å². The van der Waals surface area contributed by atoms with Gasteiger partial charge in [-0.05, 0) is 19.4 Å². The predicted octanol–water partition coefficient (Wildman–Crippen LogP) is 2.42. The summed E-state index contributed by atoms with van der Waals surface area (Å²) in [6, 6.07) is 9.77. The monoisotopic (exact) mass is 174 g/mol. The fraction of sp³-hybridized carbons (Fsp3) is 0.182. The number of rotatable bonds is 2. The molecule has 0 radical (unpaired) electrons. The van der Waals surface area contributed by atoms with Crippen LogP contribution in [0.4, 0.5) is 0 Å². The molecule has 0 fully saturated rings. The Bertz CT molecular complexity index is 332. The molecule has 0 spiro atoms. The number of allylic oxidation sites excluding steroid dienone is 2. The maximum absolute atomic E-state index is 7.58. The van der Waals surface area contributed by atoms with Crippen molar-refractivity contribution in [1.82, 2.24) is 0 Å². The van der Waals surface area contributed by atoms with E-state index in [4.69, 9.17) is 11.1 Å². The molecule has 0 aliphatic heterocycles. The standard InChI is InChI=1S/C11H14N2/c1-8(12)11(9(2)13)10-6-4-3-5-7-10/h3-7,12H,13H2,1-2H3/b11-9-,12-8?. The van der Waals surface area contributed by atoms with Crippen LogP contribution in [-0.2, 0) is 0 Å². The normalized spacial score (nSPS) is 12.2. The summed E-state index contributed by atoms with van der Waals surface area (Å²) in [6.07, 6.45) is 0. The van der Waals surface area contributed by atoms with Gasteiger partial charge in [-0.2, -0.15) is 0 Å². The van der Waals surface area contributed by atoms with Gasteiger partial charge in [0, 0.05) is 17.0 Å². The van der Waals surface area contributed by atoms with E-state index >= 15 is 0 Å². The van der Waals surface area contributed by atoms with Gasteiger partial charge in [-0.15, -0.1) is 0 Å². The summed E-state index contributed by atoms with van der Waals surface area (Å²) in [5, 5.41) is 7.58. The Morgan fingerprint density at radius 2 is 1.69 bits per heavy atom. The van der Waals surface area contributed by atoms with Gasteiger partial charge in [-0.3, -0.25) is 0 Å². The third-order valence-corrected chi connectivity index (χ3v) is 1.83. The summed E-state index contributed by atoms with van der Waals surface area (Å²) in [7, 11) is 0. The zero-order valence-electron chi connectivity index (χ0n) is 7.96. The maximum Gasteiger partial charge on any atom is 0.0378 e. The predicted molar refractivity (Wildman–Crippen MR) is 56.6 cm³/mol. The SMILES string of the molecule is CC(=N)/C(=C(\C)N)c1ccccc1. The van der Waals surface area contributed by atoms with E-state index in [2.05, 4.69) is 0 Å². The van der Waals surface area contributed by atoms with Crippen molar-refractivity contribution in [2.24, 2.45) is 5.73 Å². The molecule has 0 aromatic heterocycles. The Morgan fingerprint density at radius 3 is 2.08 bits per heavy atom. The minimum absolute atomic E-state index is 0.506. The van der Waals surface area contributed by atoms with E-state index in [0.29, 0.717) is 11.4 Å². The second kappa shape index (κ2) is 3.90. The van der Waals surface area contributed by atoms with Crippen molar-refractivity contribution in [3.8, 4) is 0 Å². The molecule has 3 N–H and O–H groups in total. The largest absolute Gasteiger partial charge is 0.402 e. The van der Waals surface area contributed by atoms with Crippen LogP contribution in [0.5, 0.6) is 0 Å². The van der Waals surface area contributed by atoms with E-state index < -0.39 is 0 Å². The van der Waals surface area contributed by atoms with Crippen molar-refractivity contribution in [2.75, 3.05) is 0 Å². The third kappa shape index (κ3) is 2.18. The summed E-state index contributed by atoms with van der Waals surface area (Å²) >= 11 is 0. The molecule has 1 aromatic carbocycles. The third-order valence-electron chi connectivity index (χ3n) is 1.83. The van der Waals surface area contributed by atoms with Gasteiger partial charge in [0.1, 0.15) is 0 Å². The first-order valence-corrected chi connectivity index (χ1v) is 4.20. The lowest BCUT2D eigenvalue weighted by molar-refractivity contribution is 1.32. The van der Waals surface area contributed by atoms with Crippen LogP contribution < -0.4 is 5.73 Å². The van der Waals surface area contributed by atoms with Crippen LogP contribution in [0.15, 0.2) is 36.0 Å². The van der Waals surface area contributed by atoms with Crippen LogP contribution >= 0.6 is 0 Å². The molecule has 2 nitrogen and oxygen atoms in total. The smallest absolute Gasteiger partial charge is 0.0378 e. The van der Waals surface area contributed by atoms with Gasteiger partial charge in [-0.1, -0.05) is 30.3 Å². The molecule has 1 aromatic rings. The minimum atomic E-state index is 0.506. The van der Waals surface area contributed by atoms with E-state index in [0.717, 1.165) is 11.1 Å². The lowest BCUT2D eigenvalue weighted by Crippen LogP contribution is -2.04. The number of nitrogens with one attached hydrogen (secondary N) is 1. The maximum atomic E-state index is 7.58. The van der Waals surface area contributed by atoms with Crippen LogP contribution in [0.25, 0.3) is 5.57 Å². The molecule has 0 saturated heterocycles. The zero-order chi connectivity index (χ0) is 9.84. The first kappa shape index (κ1) is 9.52. The van der Waals surface area contributed by atoms with E-state index in [-0.39, 0.29) is 0 Å². The number of hydrogen-bond acceptors (Lipinski definition) is 2. The first-order chi connectivity index (χ1) is 6.13. The summed E-state index contributed by atoms with van der Waals surface area (Å²) in [5.41, 5.74) is 8.75. The van der Waals surface area contributed by atoms with Crippen molar-refractivity contribution in [3.63, 3.8) is 0 Å². The lowest BCUT2D eigenvalue weighted by atomic mass is 10.0. The van der Waals surface area contributed by atoms with Crippen LogP contribution in [0.3, 0.4) is 0 Å². The van der Waals surface area contributed by atoms with Gasteiger partial charge >= 0.3 is 0 Å². The molecule has 0 amide bonds. The van der Waals surface area contributed by atoms with Gasteiger partial charge in [0.05, 0.1) is 0 Å². The molecule has 2 heteroatoms. The number of nitrogens with two attached hydrogens (primary N) is 1. The Morgan fingerprint density at radius 1 is 1.15 bits per heavy atom. The van der Waals surface area contributed by atoms with Crippen LogP contribution in [0, 0.1) is 5.41 Å². The van der Waals surface area contributed by atoms with Gasteiger partial charge in [0.2, 0.25) is 0 Å². The van der Waals surface area contributed by atoms with Gasteiger partial charge in [0.25, 0.3) is 0 Å². The summed E-state index contributed by atoms with van der Waals surface area (Å²) in [4.78, 5) is 0. The van der Waals surface area contributed by atoms with Crippen molar-refractivity contribution < 1.29 is 0 Å². The molecule has 0 saturated carbocycles. The molecule has 0 heterocycles. The van der Waals surface area contributed by atoms with Gasteiger partial charge in [-0.25, -0.2) is 0 Å². The second-order valence-corrected chi connectivity index (χ2v) is 3.05. The molecular weight excluding hydrogens is 160 g/mol. The van der Waals surface area contributed by atoms with Crippen LogP contribution in [0.2, 0.25) is 0 Å². The minimum Gasteiger partial charge on any atom is -0.402 e. The molecule has 0 aliphatic carbocycles. The van der Waals surface area contributed by atoms with Crippen LogP contribution in [-0.4, -0.2) is 5.71 Å². The zero-order valence-corrected chi connectivity index (χ0v) is 7.96. The quantitative estimate of drug-likeness (QED) is 0.664. The van der Waals surface area contributed by atoms with E-state index in [1.165, 1.54) is 0 Å². The highest BCUT2D eigenvalue weighted by Gasteiger charge is 2.04. The average Bonchev–Trinajstić information content (AvgIpc) is 2.04. The number of hydrogen-bond donors (Lipinski definition) is 2. The van der Waals surface area contributed by atoms with E-state index in [1.807, 2.05) is 37.3 Å². The average molecular weight is 174 g/mol. The summed E-state index contributed by atoms with van der Waals surface area (Å²) in [6.45, 7) is 3.57. The Kier molecular flexibility index (Phi) is 2.85. The molecule has 0 unspecified atom stereocenters. The molecular formula is C11H14N2. The second-order valence-electron chi connectivity index (χ2n) is 3.05. The Labute approximate surface area is 78.6 Å². The highest BCUT2D eigenvalue weighted by molar-refractivity contribution is 6.21. The van der Waals surface area contributed by atoms with Crippen molar-refractivity contribution >= 4 is 11.3 Å². The van der Waals surface area contributed by atoms with Crippen LogP contribution in [0.1, 0.15) is 19.4 Å². The van der Waals surface area contributed by atoms with E-state index in [9.17, 15) is 0 Å². The Hall–Kier alpha value is -1.57. The molecule has 1 rings (SSSR count). The topological polar surface area (TPSA) is 49.9 Å². The summed E-state index contributed by atoms with van der Waals surface area (Å²) in [5.74, 6) is 0. The Balaban J connectivity index is 3.20. The first-order valence-electron chi connectivity index (χ1n) is 4.20. The van der Waals surface area contributed by atoms with Crippen molar-refractivity contribution in [1.29, 1.82) is 5.41 Å². The molecule has 13 heavy (non-hydrogen) atoms. The fourth-order valence-electron chi connectivity index (χ4n) is 1.34. The van der Waals surface area contributed by atoms with Gasteiger partial charge < -0.3 is 11.1 Å². The highest BCUT2D eigenvalue weighted by atomic mass is 14.6. The fourth-order valence-corrected chi connectivity index (χ4v) is 1.34. The summed E-state index contributed by atoms with van der Waals surface area (Å²) < 4.78 is 0. The van der Waals surface area contributed by atoms with Crippen molar-refractivity contribution in [3.05, 3.63) is 41.6 Å². The highest BCUT2D eigenvalue weighted by Crippen LogP contribution is 2.16. The molecule has 68 valence electrons. The van der Waals surface area contributed by atoms with Crippen molar-refractivity contribution in [2.45, 2.75) is 13.8 Å². The lowest BCUT2D eigenvalue weighted by Gasteiger charge is -2.07. The number of benzene rings is 1. The molecule has 0 aliphatic rings. The molecule has 0 bridgehead atoms. The van der Waals surface area contributed by atoms with E-state index in [1.54, 1.807) is 6.92 Å². The molecule has 0 atom stereocenters.